The molecule has 0 fully saturated rings. The van der Waals surface area contributed by atoms with E-state index in [1.165, 1.54) is 0 Å². The van der Waals surface area contributed by atoms with Gasteiger partial charge in [-0.05, 0) is 0 Å². The monoisotopic (exact) mass is 142 g/mol. The molecule has 0 amide bonds. The molecule has 10 heavy (non-hydrogen) atoms. The fourth-order valence-corrected chi connectivity index (χ4v) is 0.628. The van der Waals surface area contributed by atoms with Crippen molar-refractivity contribution in [2.24, 2.45) is 0 Å². The summed E-state index contributed by atoms with van der Waals surface area (Å²) in [6.45, 7) is 0.578. The van der Waals surface area contributed by atoms with E-state index in [9.17, 15) is 0 Å². The van der Waals surface area contributed by atoms with Crippen LogP contribution < -0.4 is 11.1 Å². The predicted octanol–water partition coefficient (Wildman–Crippen LogP) is -0.604. The molecule has 0 aliphatic rings. The van der Waals surface area contributed by atoms with E-state index in [-0.39, 0.29) is 6.61 Å². The number of rotatable bonds is 3. The maximum absolute atomic E-state index is 8.42. The van der Waals surface area contributed by atoms with Gasteiger partial charge in [0.25, 0.3) is 0 Å². The number of aromatic nitrogens is 2. The smallest absolute Gasteiger partial charge is 0.142 e. The van der Waals surface area contributed by atoms with Gasteiger partial charge < -0.3 is 16.2 Å². The molecule has 0 unspecified atom stereocenters. The van der Waals surface area contributed by atoms with Crippen LogP contribution >= 0.6 is 0 Å². The zero-order valence-electron chi connectivity index (χ0n) is 5.46. The second kappa shape index (κ2) is 3.07. The van der Waals surface area contributed by atoms with Gasteiger partial charge in [0.2, 0.25) is 0 Å². The Balaban J connectivity index is 2.49. The van der Waals surface area contributed by atoms with E-state index in [0.717, 1.165) is 5.69 Å². The number of hydrogen-bond acceptors (Lipinski definition) is 4. The molecule has 5 heteroatoms. The van der Waals surface area contributed by atoms with E-state index in [4.69, 9.17) is 10.8 Å². The van der Waals surface area contributed by atoms with Crippen molar-refractivity contribution in [3.8, 4) is 0 Å². The molecule has 0 saturated carbocycles. The lowest BCUT2D eigenvalue weighted by Gasteiger charge is -1.99. The average molecular weight is 142 g/mol. The Kier molecular flexibility index (Phi) is 2.11. The van der Waals surface area contributed by atoms with Gasteiger partial charge in [0, 0.05) is 6.54 Å². The van der Waals surface area contributed by atoms with Gasteiger partial charge in [-0.3, -0.25) is 5.10 Å². The van der Waals surface area contributed by atoms with Crippen molar-refractivity contribution in [2.75, 3.05) is 24.2 Å². The fourth-order valence-electron chi connectivity index (χ4n) is 0.628. The van der Waals surface area contributed by atoms with Gasteiger partial charge >= 0.3 is 0 Å². The minimum absolute atomic E-state index is 0.0879. The molecule has 0 aliphatic carbocycles. The van der Waals surface area contributed by atoms with Gasteiger partial charge in [0.1, 0.15) is 5.82 Å². The van der Waals surface area contributed by atoms with Gasteiger partial charge in [-0.25, -0.2) is 0 Å². The third-order valence-corrected chi connectivity index (χ3v) is 1.10. The number of nitrogens with zero attached hydrogens (tertiary/aromatic N) is 1. The summed E-state index contributed by atoms with van der Waals surface area (Å²) in [6.07, 6.45) is 1.57. The molecule has 0 saturated heterocycles. The molecule has 5 N–H and O–H groups in total. The maximum atomic E-state index is 8.42. The molecular formula is C5H10N4O. The van der Waals surface area contributed by atoms with Gasteiger partial charge in [-0.2, -0.15) is 5.10 Å². The van der Waals surface area contributed by atoms with E-state index >= 15 is 0 Å². The SMILES string of the molecule is Nc1[nH]ncc1NCCO. The normalized spacial score (nSPS) is 9.70. The lowest BCUT2D eigenvalue weighted by atomic mass is 10.5. The van der Waals surface area contributed by atoms with Crippen molar-refractivity contribution >= 4 is 11.5 Å². The van der Waals surface area contributed by atoms with E-state index < -0.39 is 0 Å². The first-order valence-electron chi connectivity index (χ1n) is 2.98. The summed E-state index contributed by atoms with van der Waals surface area (Å²) in [6, 6.07) is 0. The number of hydrogen-bond donors (Lipinski definition) is 4. The predicted molar refractivity (Wildman–Crippen MR) is 38.6 cm³/mol. The molecule has 0 aliphatic heterocycles. The highest BCUT2D eigenvalue weighted by Crippen LogP contribution is 2.11. The fraction of sp³-hybridized carbons (Fsp3) is 0.400. The summed E-state index contributed by atoms with van der Waals surface area (Å²) in [4.78, 5) is 0. The highest BCUT2D eigenvalue weighted by Gasteiger charge is 1.96. The minimum atomic E-state index is 0.0879. The molecule has 1 heterocycles. The number of H-pyrrole nitrogens is 1. The molecule has 0 radical (unpaired) electrons. The van der Waals surface area contributed by atoms with Crippen molar-refractivity contribution in [1.29, 1.82) is 0 Å². The zero-order chi connectivity index (χ0) is 7.40. The van der Waals surface area contributed by atoms with Crippen molar-refractivity contribution in [3.63, 3.8) is 0 Å². The van der Waals surface area contributed by atoms with E-state index in [2.05, 4.69) is 15.5 Å². The van der Waals surface area contributed by atoms with Crippen molar-refractivity contribution in [1.82, 2.24) is 10.2 Å². The quantitative estimate of drug-likeness (QED) is 0.453. The largest absolute Gasteiger partial charge is 0.395 e. The second-order valence-electron chi connectivity index (χ2n) is 1.85. The van der Waals surface area contributed by atoms with E-state index in [0.29, 0.717) is 12.4 Å². The Morgan fingerprint density at radius 2 is 2.60 bits per heavy atom. The molecule has 0 aromatic carbocycles. The molecule has 1 aromatic rings. The Morgan fingerprint density at radius 1 is 1.80 bits per heavy atom. The molecule has 5 nitrogen and oxygen atoms in total. The number of nitrogens with two attached hydrogens (primary N) is 1. The lowest BCUT2D eigenvalue weighted by Crippen LogP contribution is -2.06. The van der Waals surface area contributed by atoms with Gasteiger partial charge in [0.05, 0.1) is 18.5 Å². The third-order valence-electron chi connectivity index (χ3n) is 1.10. The number of aliphatic hydroxyl groups excluding tert-OH is 1. The molecule has 1 aromatic heterocycles. The number of aliphatic hydroxyl groups is 1. The van der Waals surface area contributed by atoms with Crippen molar-refractivity contribution in [2.45, 2.75) is 0 Å². The summed E-state index contributed by atoms with van der Waals surface area (Å²) in [5.74, 6) is 0.494. The van der Waals surface area contributed by atoms with E-state index in [1.54, 1.807) is 6.20 Å². The van der Waals surface area contributed by atoms with E-state index in [1.807, 2.05) is 0 Å². The second-order valence-corrected chi connectivity index (χ2v) is 1.85. The number of anilines is 2. The maximum Gasteiger partial charge on any atom is 0.142 e. The van der Waals surface area contributed by atoms with Gasteiger partial charge in [0.15, 0.2) is 0 Å². The molecule has 56 valence electrons. The standard InChI is InChI=1S/C5H10N4O/c6-5-4(3-8-9-5)7-1-2-10/h3,7,10H,1-2H2,(H3,6,8,9). The van der Waals surface area contributed by atoms with Crippen LogP contribution in [0.1, 0.15) is 0 Å². The van der Waals surface area contributed by atoms with Crippen LogP contribution in [-0.2, 0) is 0 Å². The first-order valence-corrected chi connectivity index (χ1v) is 2.98. The van der Waals surface area contributed by atoms with Crippen LogP contribution in [-0.4, -0.2) is 28.5 Å². The minimum Gasteiger partial charge on any atom is -0.395 e. The summed E-state index contributed by atoms with van der Waals surface area (Å²) < 4.78 is 0. The Morgan fingerprint density at radius 3 is 3.10 bits per heavy atom. The first-order chi connectivity index (χ1) is 4.84. The summed E-state index contributed by atoms with van der Waals surface area (Å²) in [7, 11) is 0. The van der Waals surface area contributed by atoms with Crippen LogP contribution in [0, 0.1) is 0 Å². The van der Waals surface area contributed by atoms with Crippen molar-refractivity contribution < 1.29 is 5.11 Å². The van der Waals surface area contributed by atoms with Crippen LogP contribution in [0.5, 0.6) is 0 Å². The summed E-state index contributed by atoms with van der Waals surface area (Å²) in [5, 5.41) is 17.5. The van der Waals surface area contributed by atoms with Crippen LogP contribution in [0.2, 0.25) is 0 Å². The Labute approximate surface area is 58.2 Å². The van der Waals surface area contributed by atoms with Gasteiger partial charge in [-0.1, -0.05) is 0 Å². The molecule has 0 spiro atoms. The highest BCUT2D eigenvalue weighted by molar-refractivity contribution is 5.59. The van der Waals surface area contributed by atoms with Crippen LogP contribution in [0.3, 0.4) is 0 Å². The molecule has 0 atom stereocenters. The summed E-state index contributed by atoms with van der Waals surface area (Å²) >= 11 is 0. The first kappa shape index (κ1) is 6.88. The van der Waals surface area contributed by atoms with Gasteiger partial charge in [-0.15, -0.1) is 0 Å². The number of nitrogen functional groups attached to an aromatic ring is 1. The van der Waals surface area contributed by atoms with Crippen LogP contribution in [0.4, 0.5) is 11.5 Å². The Bertz CT molecular complexity index is 197. The molecule has 1 rings (SSSR count). The topological polar surface area (TPSA) is 87.0 Å². The Hall–Kier alpha value is -1.23. The highest BCUT2D eigenvalue weighted by atomic mass is 16.3. The van der Waals surface area contributed by atoms with Crippen LogP contribution in [0.15, 0.2) is 6.20 Å². The molecule has 0 bridgehead atoms. The number of nitrogens with one attached hydrogen (secondary N) is 2. The average Bonchev–Trinajstić information content (AvgIpc) is 2.31. The summed E-state index contributed by atoms with van der Waals surface area (Å²) in [5.41, 5.74) is 6.15. The molecular weight excluding hydrogens is 132 g/mol. The number of aromatic amines is 1. The van der Waals surface area contributed by atoms with Crippen LogP contribution in [0.25, 0.3) is 0 Å². The van der Waals surface area contributed by atoms with Crippen molar-refractivity contribution in [3.05, 3.63) is 6.20 Å². The zero-order valence-corrected chi connectivity index (χ0v) is 5.46. The lowest BCUT2D eigenvalue weighted by molar-refractivity contribution is 0.311. The third kappa shape index (κ3) is 1.38.